The Bertz CT molecular complexity index is 714. The molecule has 0 unspecified atom stereocenters. The van der Waals surface area contributed by atoms with Crippen molar-refractivity contribution >= 4 is 28.1 Å². The fourth-order valence-electron chi connectivity index (χ4n) is 1.88. The first-order chi connectivity index (χ1) is 10.6. The maximum atomic E-state index is 12.2. The zero-order valence-corrected chi connectivity index (χ0v) is 13.1. The molecule has 2 aromatic rings. The van der Waals surface area contributed by atoms with E-state index in [-0.39, 0.29) is 11.5 Å². The van der Waals surface area contributed by atoms with Gasteiger partial charge in [0.15, 0.2) is 5.13 Å². The predicted molar refractivity (Wildman–Crippen MR) is 88.6 cm³/mol. The molecule has 0 fully saturated rings. The number of rotatable bonds is 5. The minimum absolute atomic E-state index is 0.00578. The highest BCUT2D eigenvalue weighted by Gasteiger charge is 2.13. The number of hydrogen-bond acceptors (Lipinski definition) is 5. The van der Waals surface area contributed by atoms with Gasteiger partial charge in [-0.1, -0.05) is 32.0 Å². The Hall–Kier alpha value is -2.65. The molecule has 0 saturated carbocycles. The highest BCUT2D eigenvalue weighted by molar-refractivity contribution is 7.13. The lowest BCUT2D eigenvalue weighted by Crippen LogP contribution is -2.16. The van der Waals surface area contributed by atoms with Gasteiger partial charge < -0.3 is 10.6 Å². The molecule has 1 amide bonds. The van der Waals surface area contributed by atoms with Crippen LogP contribution in [0.1, 0.15) is 25.3 Å². The first kappa shape index (κ1) is 15.7. The van der Waals surface area contributed by atoms with Gasteiger partial charge in [-0.05, 0) is 17.5 Å². The summed E-state index contributed by atoms with van der Waals surface area (Å²) in [5.41, 5.74) is 1.74. The topological polar surface area (TPSA) is 77.8 Å². The van der Waals surface area contributed by atoms with Crippen LogP contribution in [0.15, 0.2) is 47.6 Å². The van der Waals surface area contributed by atoms with Gasteiger partial charge in [0.05, 0.1) is 0 Å². The molecule has 6 heteroatoms. The van der Waals surface area contributed by atoms with Crippen LogP contribution in [0.25, 0.3) is 0 Å². The summed E-state index contributed by atoms with van der Waals surface area (Å²) in [5.74, 6) is -0.167. The van der Waals surface area contributed by atoms with Gasteiger partial charge in [0.1, 0.15) is 11.6 Å². The average Bonchev–Trinajstić information content (AvgIpc) is 3.01. The van der Waals surface area contributed by atoms with Crippen molar-refractivity contribution in [3.8, 4) is 6.07 Å². The van der Waals surface area contributed by atoms with E-state index in [2.05, 4.69) is 29.5 Å². The lowest BCUT2D eigenvalue weighted by molar-refractivity contribution is -0.112. The quantitative estimate of drug-likeness (QED) is 0.651. The van der Waals surface area contributed by atoms with Crippen molar-refractivity contribution in [1.29, 1.82) is 5.26 Å². The summed E-state index contributed by atoms with van der Waals surface area (Å²) in [6.07, 6.45) is 3.01. The van der Waals surface area contributed by atoms with Gasteiger partial charge in [-0.2, -0.15) is 5.26 Å². The van der Waals surface area contributed by atoms with E-state index in [0.717, 1.165) is 11.3 Å². The summed E-state index contributed by atoms with van der Waals surface area (Å²) >= 11 is 1.39. The summed E-state index contributed by atoms with van der Waals surface area (Å²) in [6, 6.07) is 9.47. The Kier molecular flexibility index (Phi) is 5.28. The van der Waals surface area contributed by atoms with Crippen LogP contribution in [0.5, 0.6) is 0 Å². The van der Waals surface area contributed by atoms with E-state index < -0.39 is 5.91 Å². The van der Waals surface area contributed by atoms with Gasteiger partial charge in [0.25, 0.3) is 5.91 Å². The fourth-order valence-corrected chi connectivity index (χ4v) is 2.38. The number of anilines is 2. The Labute approximate surface area is 133 Å². The van der Waals surface area contributed by atoms with Crippen molar-refractivity contribution in [2.45, 2.75) is 19.8 Å². The van der Waals surface area contributed by atoms with Crippen molar-refractivity contribution in [3.63, 3.8) is 0 Å². The van der Waals surface area contributed by atoms with E-state index in [1.165, 1.54) is 17.5 Å². The second-order valence-electron chi connectivity index (χ2n) is 4.85. The van der Waals surface area contributed by atoms with Gasteiger partial charge in [-0.3, -0.25) is 4.79 Å². The number of amides is 1. The number of nitrogens with zero attached hydrogens (tertiary/aromatic N) is 2. The molecule has 0 aliphatic carbocycles. The molecule has 112 valence electrons. The van der Waals surface area contributed by atoms with Crippen molar-refractivity contribution < 1.29 is 4.79 Å². The Morgan fingerprint density at radius 2 is 2.18 bits per heavy atom. The third-order valence-electron chi connectivity index (χ3n) is 2.97. The summed E-state index contributed by atoms with van der Waals surface area (Å²) in [4.78, 5) is 16.2. The van der Waals surface area contributed by atoms with Gasteiger partial charge in [0.2, 0.25) is 0 Å². The number of nitriles is 1. The molecule has 0 atom stereocenters. The van der Waals surface area contributed by atoms with Crippen LogP contribution in [0.2, 0.25) is 0 Å². The van der Waals surface area contributed by atoms with Crippen LogP contribution >= 0.6 is 11.3 Å². The van der Waals surface area contributed by atoms with Crippen molar-refractivity contribution in [3.05, 3.63) is 53.2 Å². The van der Waals surface area contributed by atoms with Crippen molar-refractivity contribution in [1.82, 2.24) is 4.98 Å². The van der Waals surface area contributed by atoms with E-state index in [0.29, 0.717) is 5.13 Å². The van der Waals surface area contributed by atoms with Crippen LogP contribution in [-0.4, -0.2) is 10.9 Å². The number of carbonyl (C=O) groups is 1. The van der Waals surface area contributed by atoms with Crippen LogP contribution in [0.4, 0.5) is 10.8 Å². The fraction of sp³-hybridized carbons (Fsp3) is 0.188. The van der Waals surface area contributed by atoms with E-state index in [4.69, 9.17) is 5.26 Å². The number of aromatic nitrogens is 1. The Morgan fingerprint density at radius 3 is 2.82 bits per heavy atom. The minimum atomic E-state index is -0.445. The van der Waals surface area contributed by atoms with Gasteiger partial charge in [-0.25, -0.2) is 4.98 Å². The molecule has 0 saturated heterocycles. The van der Waals surface area contributed by atoms with E-state index in [1.807, 2.05) is 30.3 Å². The highest BCUT2D eigenvalue weighted by Crippen LogP contribution is 2.24. The summed E-state index contributed by atoms with van der Waals surface area (Å²) in [6.45, 7) is 4.10. The number of hydrogen-bond donors (Lipinski definition) is 2. The molecule has 0 radical (unpaired) electrons. The summed E-state index contributed by atoms with van der Waals surface area (Å²) < 4.78 is 0. The molecule has 0 bridgehead atoms. The van der Waals surface area contributed by atoms with Crippen LogP contribution in [0, 0.1) is 11.3 Å². The number of benzene rings is 1. The van der Waals surface area contributed by atoms with Crippen LogP contribution in [0.3, 0.4) is 0 Å². The number of para-hydroxylation sites is 1. The lowest BCUT2D eigenvalue weighted by atomic mass is 10.0. The monoisotopic (exact) mass is 312 g/mol. The zero-order chi connectivity index (χ0) is 15.9. The van der Waals surface area contributed by atoms with E-state index in [1.54, 1.807) is 11.6 Å². The molecule has 1 aromatic carbocycles. The van der Waals surface area contributed by atoms with Crippen molar-refractivity contribution in [2.75, 3.05) is 10.6 Å². The minimum Gasteiger partial charge on any atom is -0.337 e. The first-order valence-electron chi connectivity index (χ1n) is 6.78. The third kappa shape index (κ3) is 3.93. The van der Waals surface area contributed by atoms with E-state index >= 15 is 0 Å². The molecule has 0 aliphatic rings. The second-order valence-corrected chi connectivity index (χ2v) is 5.74. The van der Waals surface area contributed by atoms with Gasteiger partial charge in [-0.15, -0.1) is 11.3 Å². The zero-order valence-electron chi connectivity index (χ0n) is 12.3. The summed E-state index contributed by atoms with van der Waals surface area (Å²) in [7, 11) is 0. The molecule has 2 N–H and O–H groups in total. The second kappa shape index (κ2) is 7.38. The SMILES string of the molecule is CC(C)c1ccccc1NC(=O)/C(C#N)=C\Nc1nccs1. The molecule has 22 heavy (non-hydrogen) atoms. The van der Waals surface area contributed by atoms with Crippen molar-refractivity contribution in [2.24, 2.45) is 0 Å². The lowest BCUT2D eigenvalue weighted by Gasteiger charge is -2.13. The molecular formula is C16H16N4OS. The van der Waals surface area contributed by atoms with Gasteiger partial charge in [0, 0.05) is 23.5 Å². The first-order valence-corrected chi connectivity index (χ1v) is 7.66. The average molecular weight is 312 g/mol. The molecule has 5 nitrogen and oxygen atoms in total. The smallest absolute Gasteiger partial charge is 0.267 e. The molecule has 1 heterocycles. The number of carbonyl (C=O) groups excluding carboxylic acids is 1. The molecule has 1 aromatic heterocycles. The molecular weight excluding hydrogens is 296 g/mol. The predicted octanol–water partition coefficient (Wildman–Crippen LogP) is 3.72. The summed E-state index contributed by atoms with van der Waals surface area (Å²) in [5, 5.41) is 17.2. The number of nitrogens with one attached hydrogen (secondary N) is 2. The molecule has 0 spiro atoms. The van der Waals surface area contributed by atoms with Gasteiger partial charge >= 0.3 is 0 Å². The largest absolute Gasteiger partial charge is 0.337 e. The Balaban J connectivity index is 2.13. The molecule has 2 rings (SSSR count). The van der Waals surface area contributed by atoms with Crippen LogP contribution in [-0.2, 0) is 4.79 Å². The van der Waals surface area contributed by atoms with Crippen LogP contribution < -0.4 is 10.6 Å². The number of thiazole rings is 1. The van der Waals surface area contributed by atoms with E-state index in [9.17, 15) is 4.79 Å². The maximum Gasteiger partial charge on any atom is 0.267 e. The normalized spacial score (nSPS) is 11.1. The standard InChI is InChI=1S/C16H16N4OS/c1-11(2)13-5-3-4-6-14(13)20-15(21)12(9-17)10-19-16-18-7-8-22-16/h3-8,10-11H,1-2H3,(H,18,19)(H,20,21)/b12-10-. The third-order valence-corrected chi connectivity index (χ3v) is 3.67. The highest BCUT2D eigenvalue weighted by atomic mass is 32.1. The Morgan fingerprint density at radius 1 is 1.41 bits per heavy atom. The maximum absolute atomic E-state index is 12.2. The molecule has 0 aliphatic heterocycles.